The Morgan fingerprint density at radius 2 is 1.96 bits per heavy atom. The fourth-order valence-corrected chi connectivity index (χ4v) is 2.93. The molecule has 0 atom stereocenters. The minimum atomic E-state index is 0.629. The minimum absolute atomic E-state index is 0.629. The maximum Gasteiger partial charge on any atom is 0.160 e. The molecule has 3 aromatic rings. The quantitative estimate of drug-likeness (QED) is 0.773. The van der Waals surface area contributed by atoms with E-state index in [9.17, 15) is 0 Å². The van der Waals surface area contributed by atoms with Gasteiger partial charge >= 0.3 is 0 Å². The minimum Gasteiger partial charge on any atom is -0.380 e. The Morgan fingerprint density at radius 3 is 2.74 bits per heavy atom. The zero-order valence-corrected chi connectivity index (χ0v) is 14.2. The normalized spacial score (nSPS) is 11.1. The first-order chi connectivity index (χ1) is 11.1. The summed E-state index contributed by atoms with van der Waals surface area (Å²) in [5, 5.41) is 3.55. The molecule has 0 radical (unpaired) electrons. The van der Waals surface area contributed by atoms with Crippen LogP contribution < -0.4 is 5.32 Å². The van der Waals surface area contributed by atoms with E-state index in [1.165, 1.54) is 22.4 Å². The van der Waals surface area contributed by atoms with Gasteiger partial charge in [-0.15, -0.1) is 0 Å². The zero-order chi connectivity index (χ0) is 16.4. The van der Waals surface area contributed by atoms with Crippen LogP contribution in [0, 0.1) is 20.8 Å². The lowest BCUT2D eigenvalue weighted by Crippen LogP contribution is -2.07. The van der Waals surface area contributed by atoms with Gasteiger partial charge in [-0.05, 0) is 49.6 Å². The summed E-state index contributed by atoms with van der Waals surface area (Å²) in [5.41, 5.74) is 8.06. The highest BCUT2D eigenvalue weighted by Gasteiger charge is 2.10. The number of ether oxygens (including phenoxy) is 1. The van der Waals surface area contributed by atoms with Crippen molar-refractivity contribution in [2.24, 2.45) is 0 Å². The number of fused-ring (bicyclic) bond motifs is 1. The van der Waals surface area contributed by atoms with Gasteiger partial charge in [-0.25, -0.2) is 4.98 Å². The van der Waals surface area contributed by atoms with Crippen molar-refractivity contribution in [1.82, 2.24) is 9.38 Å². The molecule has 2 aromatic heterocycles. The Hall–Kier alpha value is -2.33. The lowest BCUT2D eigenvalue weighted by atomic mass is 10.0. The van der Waals surface area contributed by atoms with Gasteiger partial charge in [0.1, 0.15) is 0 Å². The van der Waals surface area contributed by atoms with Crippen LogP contribution >= 0.6 is 0 Å². The number of hydrogen-bond donors (Lipinski definition) is 1. The van der Waals surface area contributed by atoms with E-state index in [0.29, 0.717) is 6.61 Å². The first-order valence-electron chi connectivity index (χ1n) is 7.86. The van der Waals surface area contributed by atoms with Crippen molar-refractivity contribution in [2.75, 3.05) is 12.4 Å². The Morgan fingerprint density at radius 1 is 1.13 bits per heavy atom. The molecule has 0 unspecified atom stereocenters. The number of nitrogens with one attached hydrogen (secondary N) is 1. The number of aryl methyl sites for hydroxylation is 3. The average molecular weight is 309 g/mol. The number of imidazole rings is 1. The molecule has 3 rings (SSSR count). The molecule has 23 heavy (non-hydrogen) atoms. The second-order valence-electron chi connectivity index (χ2n) is 5.90. The van der Waals surface area contributed by atoms with Gasteiger partial charge in [0.05, 0.1) is 18.0 Å². The van der Waals surface area contributed by atoms with Crippen LogP contribution in [0.2, 0.25) is 0 Å². The van der Waals surface area contributed by atoms with Crippen molar-refractivity contribution in [3.63, 3.8) is 0 Å². The third-order valence-corrected chi connectivity index (χ3v) is 4.39. The lowest BCUT2D eigenvalue weighted by molar-refractivity contribution is 0.184. The summed E-state index contributed by atoms with van der Waals surface area (Å²) in [6.45, 7) is 7.67. The molecule has 0 saturated carbocycles. The molecule has 0 aliphatic rings. The van der Waals surface area contributed by atoms with Crippen molar-refractivity contribution >= 4 is 11.3 Å². The van der Waals surface area contributed by atoms with Gasteiger partial charge in [0.15, 0.2) is 5.65 Å². The maximum atomic E-state index is 5.32. The molecule has 4 nitrogen and oxygen atoms in total. The molecule has 0 saturated heterocycles. The molecular formula is C19H23N3O. The summed E-state index contributed by atoms with van der Waals surface area (Å²) < 4.78 is 7.45. The molecule has 0 fully saturated rings. The van der Waals surface area contributed by atoms with E-state index < -0.39 is 0 Å². The number of anilines is 1. The first kappa shape index (κ1) is 15.6. The van der Waals surface area contributed by atoms with Crippen LogP contribution in [0.4, 0.5) is 5.69 Å². The van der Waals surface area contributed by atoms with Crippen molar-refractivity contribution < 1.29 is 4.74 Å². The number of benzene rings is 1. The Balaban J connectivity index is 1.91. The Labute approximate surface area is 137 Å². The predicted molar refractivity (Wildman–Crippen MR) is 93.9 cm³/mol. The number of pyridine rings is 1. The summed E-state index contributed by atoms with van der Waals surface area (Å²) in [4.78, 5) is 4.68. The zero-order valence-electron chi connectivity index (χ0n) is 14.2. The highest BCUT2D eigenvalue weighted by molar-refractivity contribution is 5.68. The van der Waals surface area contributed by atoms with E-state index in [2.05, 4.69) is 65.1 Å². The molecule has 120 valence electrons. The van der Waals surface area contributed by atoms with Gasteiger partial charge in [0, 0.05) is 25.5 Å². The molecule has 0 bridgehead atoms. The lowest BCUT2D eigenvalue weighted by Gasteiger charge is -2.14. The fraction of sp³-hybridized carbons (Fsp3) is 0.316. The fourth-order valence-electron chi connectivity index (χ4n) is 2.93. The highest BCUT2D eigenvalue weighted by atomic mass is 16.5. The van der Waals surface area contributed by atoms with Crippen molar-refractivity contribution in [3.8, 4) is 0 Å². The van der Waals surface area contributed by atoms with E-state index in [1.807, 2.05) is 6.92 Å². The monoisotopic (exact) mass is 309 g/mol. The summed E-state index contributed by atoms with van der Waals surface area (Å²) in [6, 6.07) is 10.5. The topological polar surface area (TPSA) is 38.6 Å². The van der Waals surface area contributed by atoms with Gasteiger partial charge in [-0.3, -0.25) is 0 Å². The van der Waals surface area contributed by atoms with Gasteiger partial charge in [-0.1, -0.05) is 18.2 Å². The largest absolute Gasteiger partial charge is 0.380 e. The molecule has 1 N–H and O–H groups in total. The van der Waals surface area contributed by atoms with Crippen molar-refractivity contribution in [1.29, 1.82) is 0 Å². The standard InChI is InChI=1S/C19H23N3O/c1-13-7-5-8-16(12-23-4)17(13)11-20-18-9-6-10-22-15(3)14(2)21-19(18)22/h5-10,20H,11-12H2,1-4H3. The molecule has 2 heterocycles. The second kappa shape index (κ2) is 6.42. The SMILES string of the molecule is COCc1cccc(C)c1CNc1cccn2c(C)c(C)nc12. The van der Waals surface area contributed by atoms with Crippen LogP contribution in [0.3, 0.4) is 0 Å². The summed E-state index contributed by atoms with van der Waals surface area (Å²) >= 11 is 0. The summed E-state index contributed by atoms with van der Waals surface area (Å²) in [7, 11) is 1.73. The smallest absolute Gasteiger partial charge is 0.160 e. The van der Waals surface area contributed by atoms with E-state index in [4.69, 9.17) is 4.74 Å². The average Bonchev–Trinajstić information content (AvgIpc) is 2.83. The van der Waals surface area contributed by atoms with Gasteiger partial charge < -0.3 is 14.5 Å². The molecule has 1 aromatic carbocycles. The van der Waals surface area contributed by atoms with Gasteiger partial charge in [0.25, 0.3) is 0 Å². The maximum absolute atomic E-state index is 5.32. The molecule has 0 spiro atoms. The number of nitrogens with zero attached hydrogens (tertiary/aromatic N) is 2. The number of aromatic nitrogens is 2. The molecule has 0 aliphatic heterocycles. The number of rotatable bonds is 5. The molecule has 4 heteroatoms. The molecule has 0 aliphatic carbocycles. The van der Waals surface area contributed by atoms with Gasteiger partial charge in [0.2, 0.25) is 0 Å². The van der Waals surface area contributed by atoms with E-state index in [1.54, 1.807) is 7.11 Å². The van der Waals surface area contributed by atoms with Crippen LogP contribution in [0.15, 0.2) is 36.5 Å². The number of hydrogen-bond acceptors (Lipinski definition) is 3. The van der Waals surface area contributed by atoms with E-state index in [0.717, 1.165) is 23.6 Å². The second-order valence-corrected chi connectivity index (χ2v) is 5.90. The summed E-state index contributed by atoms with van der Waals surface area (Å²) in [5.74, 6) is 0. The Bertz CT molecular complexity index is 836. The highest BCUT2D eigenvalue weighted by Crippen LogP contribution is 2.22. The van der Waals surface area contributed by atoms with Crippen LogP contribution in [-0.2, 0) is 17.9 Å². The summed E-state index contributed by atoms with van der Waals surface area (Å²) in [6.07, 6.45) is 2.06. The van der Waals surface area contributed by atoms with Gasteiger partial charge in [-0.2, -0.15) is 0 Å². The van der Waals surface area contributed by atoms with Crippen molar-refractivity contribution in [3.05, 3.63) is 64.6 Å². The van der Waals surface area contributed by atoms with Crippen LogP contribution in [-0.4, -0.2) is 16.5 Å². The molecule has 0 amide bonds. The van der Waals surface area contributed by atoms with Crippen molar-refractivity contribution in [2.45, 2.75) is 33.9 Å². The number of methoxy groups -OCH3 is 1. The Kier molecular flexibility index (Phi) is 4.35. The van der Waals surface area contributed by atoms with Crippen LogP contribution in [0.25, 0.3) is 5.65 Å². The van der Waals surface area contributed by atoms with E-state index in [-0.39, 0.29) is 0 Å². The van der Waals surface area contributed by atoms with Crippen LogP contribution in [0.1, 0.15) is 28.1 Å². The third-order valence-electron chi connectivity index (χ3n) is 4.39. The molecular weight excluding hydrogens is 286 g/mol. The van der Waals surface area contributed by atoms with Crippen LogP contribution in [0.5, 0.6) is 0 Å². The first-order valence-corrected chi connectivity index (χ1v) is 7.86. The van der Waals surface area contributed by atoms with E-state index >= 15 is 0 Å². The predicted octanol–water partition coefficient (Wildman–Crippen LogP) is 4.02. The third kappa shape index (κ3) is 2.94.